The van der Waals surface area contributed by atoms with Crippen molar-refractivity contribution in [1.29, 1.82) is 0 Å². The van der Waals surface area contributed by atoms with E-state index in [4.69, 9.17) is 4.74 Å². The average Bonchev–Trinajstić information content (AvgIpc) is 2.88. The van der Waals surface area contributed by atoms with Crippen molar-refractivity contribution in [3.63, 3.8) is 0 Å². The van der Waals surface area contributed by atoms with Crippen LogP contribution in [0.3, 0.4) is 0 Å². The van der Waals surface area contributed by atoms with E-state index in [1.54, 1.807) is 19.4 Å². The van der Waals surface area contributed by atoms with E-state index in [1.807, 2.05) is 35.0 Å². The molecular formula is C14H18N2O2. The van der Waals surface area contributed by atoms with Gasteiger partial charge in [-0.3, -0.25) is 0 Å². The molecule has 1 aromatic heterocycles. The van der Waals surface area contributed by atoms with Crippen LogP contribution in [0.25, 0.3) is 0 Å². The number of hydrogen-bond donors (Lipinski definition) is 1. The fourth-order valence-electron chi connectivity index (χ4n) is 1.72. The van der Waals surface area contributed by atoms with Gasteiger partial charge in [0.2, 0.25) is 0 Å². The van der Waals surface area contributed by atoms with Gasteiger partial charge in [-0.15, -0.1) is 0 Å². The minimum absolute atomic E-state index is 0.459. The summed E-state index contributed by atoms with van der Waals surface area (Å²) in [6.07, 6.45) is 5.98. The standard InChI is InChI=1S/C14H18N2O2/c1-12(17)13-4-2-5-14(10-13)18-9-3-7-16-8-6-15-11-16/h2,4-6,8,10-12,17H,3,7,9H2,1H3/t12-/m0/s1. The normalized spacial score (nSPS) is 12.3. The van der Waals surface area contributed by atoms with E-state index in [2.05, 4.69) is 4.98 Å². The molecule has 0 aliphatic heterocycles. The molecule has 0 spiro atoms. The number of rotatable bonds is 6. The maximum atomic E-state index is 9.48. The third-order valence-electron chi connectivity index (χ3n) is 2.73. The van der Waals surface area contributed by atoms with E-state index in [9.17, 15) is 5.11 Å². The molecule has 0 fully saturated rings. The number of benzene rings is 1. The van der Waals surface area contributed by atoms with Crippen LogP contribution in [0.4, 0.5) is 0 Å². The van der Waals surface area contributed by atoms with E-state index in [-0.39, 0.29) is 0 Å². The highest BCUT2D eigenvalue weighted by atomic mass is 16.5. The molecule has 2 aromatic rings. The number of imidazole rings is 1. The van der Waals surface area contributed by atoms with E-state index in [0.717, 1.165) is 24.3 Å². The minimum Gasteiger partial charge on any atom is -0.494 e. The van der Waals surface area contributed by atoms with Crippen LogP contribution in [-0.4, -0.2) is 21.3 Å². The van der Waals surface area contributed by atoms with Crippen molar-refractivity contribution in [2.45, 2.75) is 26.0 Å². The topological polar surface area (TPSA) is 47.3 Å². The number of aliphatic hydroxyl groups excluding tert-OH is 1. The van der Waals surface area contributed by atoms with E-state index >= 15 is 0 Å². The average molecular weight is 246 g/mol. The van der Waals surface area contributed by atoms with E-state index in [0.29, 0.717) is 6.61 Å². The summed E-state index contributed by atoms with van der Waals surface area (Å²) in [7, 11) is 0. The summed E-state index contributed by atoms with van der Waals surface area (Å²) in [5.41, 5.74) is 0.877. The van der Waals surface area contributed by atoms with Gasteiger partial charge in [-0.25, -0.2) is 4.98 Å². The SMILES string of the molecule is C[C@H](O)c1cccc(OCCCn2ccnc2)c1. The summed E-state index contributed by atoms with van der Waals surface area (Å²) >= 11 is 0. The summed E-state index contributed by atoms with van der Waals surface area (Å²) in [6, 6.07) is 7.57. The number of ether oxygens (including phenoxy) is 1. The fraction of sp³-hybridized carbons (Fsp3) is 0.357. The second-order valence-electron chi connectivity index (χ2n) is 4.25. The summed E-state index contributed by atoms with van der Waals surface area (Å²) in [5.74, 6) is 0.805. The van der Waals surface area contributed by atoms with E-state index < -0.39 is 6.10 Å². The Morgan fingerprint density at radius 2 is 2.33 bits per heavy atom. The van der Waals surface area contributed by atoms with Gasteiger partial charge in [0.15, 0.2) is 0 Å². The molecule has 4 heteroatoms. The lowest BCUT2D eigenvalue weighted by Gasteiger charge is -2.09. The predicted octanol–water partition coefficient (Wildman–Crippen LogP) is 2.41. The summed E-state index contributed by atoms with van der Waals surface area (Å²) < 4.78 is 7.67. The molecule has 0 aliphatic rings. The Balaban J connectivity index is 1.78. The number of aliphatic hydroxyl groups is 1. The Labute approximate surface area is 107 Å². The molecule has 0 bridgehead atoms. The quantitative estimate of drug-likeness (QED) is 0.796. The van der Waals surface area contributed by atoms with Gasteiger partial charge in [-0.2, -0.15) is 0 Å². The van der Waals surface area contributed by atoms with Crippen LogP contribution in [0.2, 0.25) is 0 Å². The maximum Gasteiger partial charge on any atom is 0.119 e. The lowest BCUT2D eigenvalue weighted by Crippen LogP contribution is -2.03. The molecule has 0 amide bonds. The zero-order valence-corrected chi connectivity index (χ0v) is 10.5. The van der Waals surface area contributed by atoms with E-state index in [1.165, 1.54) is 0 Å². The Kier molecular flexibility index (Phi) is 4.36. The predicted molar refractivity (Wildman–Crippen MR) is 69.4 cm³/mol. The first-order valence-corrected chi connectivity index (χ1v) is 6.12. The van der Waals surface area contributed by atoms with Crippen molar-refractivity contribution in [3.8, 4) is 5.75 Å². The molecule has 0 unspecified atom stereocenters. The number of nitrogens with zero attached hydrogens (tertiary/aromatic N) is 2. The lowest BCUT2D eigenvalue weighted by atomic mass is 10.1. The van der Waals surface area contributed by atoms with Gasteiger partial charge in [-0.1, -0.05) is 12.1 Å². The van der Waals surface area contributed by atoms with Crippen LogP contribution in [0.15, 0.2) is 43.0 Å². The second kappa shape index (κ2) is 6.21. The number of aryl methyl sites for hydroxylation is 1. The molecule has 96 valence electrons. The van der Waals surface area contributed by atoms with Gasteiger partial charge >= 0.3 is 0 Å². The first-order valence-electron chi connectivity index (χ1n) is 6.12. The summed E-state index contributed by atoms with van der Waals surface area (Å²) in [6.45, 7) is 3.30. The van der Waals surface area contributed by atoms with Crippen molar-refractivity contribution in [2.24, 2.45) is 0 Å². The molecule has 4 nitrogen and oxygen atoms in total. The molecular weight excluding hydrogens is 228 g/mol. The Bertz CT molecular complexity index is 466. The lowest BCUT2D eigenvalue weighted by molar-refractivity contribution is 0.198. The smallest absolute Gasteiger partial charge is 0.119 e. The second-order valence-corrected chi connectivity index (χ2v) is 4.25. The molecule has 0 radical (unpaired) electrons. The Morgan fingerprint density at radius 1 is 1.44 bits per heavy atom. The molecule has 1 N–H and O–H groups in total. The molecule has 0 saturated heterocycles. The van der Waals surface area contributed by atoms with Crippen LogP contribution < -0.4 is 4.74 Å². The van der Waals surface area contributed by atoms with Crippen LogP contribution in [0, 0.1) is 0 Å². The molecule has 18 heavy (non-hydrogen) atoms. The highest BCUT2D eigenvalue weighted by molar-refractivity contribution is 5.29. The monoisotopic (exact) mass is 246 g/mol. The van der Waals surface area contributed by atoms with Gasteiger partial charge in [0.1, 0.15) is 5.75 Å². The van der Waals surface area contributed by atoms with Gasteiger partial charge in [0.05, 0.1) is 19.0 Å². The Hall–Kier alpha value is -1.81. The van der Waals surface area contributed by atoms with Crippen LogP contribution in [0.5, 0.6) is 5.75 Å². The van der Waals surface area contributed by atoms with Gasteiger partial charge in [-0.05, 0) is 31.0 Å². The first-order chi connectivity index (χ1) is 8.75. The summed E-state index contributed by atoms with van der Waals surface area (Å²) in [5, 5.41) is 9.48. The minimum atomic E-state index is -0.459. The van der Waals surface area contributed by atoms with Gasteiger partial charge < -0.3 is 14.4 Å². The maximum absolute atomic E-state index is 9.48. The zero-order chi connectivity index (χ0) is 12.8. The third-order valence-corrected chi connectivity index (χ3v) is 2.73. The van der Waals surface area contributed by atoms with Crippen molar-refractivity contribution in [1.82, 2.24) is 9.55 Å². The largest absolute Gasteiger partial charge is 0.494 e. The number of aromatic nitrogens is 2. The van der Waals surface area contributed by atoms with Crippen molar-refractivity contribution >= 4 is 0 Å². The molecule has 0 aliphatic carbocycles. The van der Waals surface area contributed by atoms with Gasteiger partial charge in [0, 0.05) is 18.9 Å². The first kappa shape index (κ1) is 12.6. The fourth-order valence-corrected chi connectivity index (χ4v) is 1.72. The molecule has 1 heterocycles. The Morgan fingerprint density at radius 3 is 3.06 bits per heavy atom. The highest BCUT2D eigenvalue weighted by Crippen LogP contribution is 2.18. The van der Waals surface area contributed by atoms with Gasteiger partial charge in [0.25, 0.3) is 0 Å². The van der Waals surface area contributed by atoms with Crippen molar-refractivity contribution in [3.05, 3.63) is 48.5 Å². The van der Waals surface area contributed by atoms with Crippen LogP contribution in [0.1, 0.15) is 25.0 Å². The molecule has 2 rings (SSSR count). The molecule has 1 aromatic carbocycles. The van der Waals surface area contributed by atoms with Crippen molar-refractivity contribution in [2.75, 3.05) is 6.61 Å². The van der Waals surface area contributed by atoms with Crippen molar-refractivity contribution < 1.29 is 9.84 Å². The number of hydrogen-bond acceptors (Lipinski definition) is 3. The van der Waals surface area contributed by atoms with Crippen LogP contribution >= 0.6 is 0 Å². The third kappa shape index (κ3) is 3.60. The molecule has 0 saturated carbocycles. The summed E-state index contributed by atoms with van der Waals surface area (Å²) in [4.78, 5) is 3.98. The zero-order valence-electron chi connectivity index (χ0n) is 10.5. The van der Waals surface area contributed by atoms with Crippen LogP contribution in [-0.2, 0) is 6.54 Å². The highest BCUT2D eigenvalue weighted by Gasteiger charge is 2.02. The molecule has 1 atom stereocenters.